The molecule has 3 rings (SSSR count). The number of hydrogen-bond donors (Lipinski definition) is 0. The molecule has 0 aliphatic rings. The number of para-hydroxylation sites is 1. The van der Waals surface area contributed by atoms with Gasteiger partial charge in [-0.3, -0.25) is 4.79 Å². The molecule has 0 radical (unpaired) electrons. The van der Waals surface area contributed by atoms with Crippen LogP contribution in [0.15, 0.2) is 30.3 Å². The smallest absolute Gasteiger partial charge is 0.349 e. The zero-order chi connectivity index (χ0) is 19.0. The van der Waals surface area contributed by atoms with Gasteiger partial charge in [0.25, 0.3) is 5.91 Å². The van der Waals surface area contributed by atoms with Gasteiger partial charge in [-0.25, -0.2) is 9.48 Å². The Labute approximate surface area is 159 Å². The van der Waals surface area contributed by atoms with Gasteiger partial charge in [0, 0.05) is 19.5 Å². The van der Waals surface area contributed by atoms with E-state index in [1.807, 2.05) is 25.1 Å². The third kappa shape index (κ3) is 3.32. The van der Waals surface area contributed by atoms with Crippen LogP contribution in [0.2, 0.25) is 5.02 Å². The van der Waals surface area contributed by atoms with Crippen molar-refractivity contribution in [2.45, 2.75) is 20.0 Å². The SMILES string of the molecule is Cc1nn(-c2ccccc2Cl)c2sc(C(=O)O[C@H](C)C(=O)N(C)C)cc12. The number of aromatic nitrogens is 2. The number of halogens is 1. The van der Waals surface area contributed by atoms with E-state index in [1.165, 1.54) is 16.2 Å². The summed E-state index contributed by atoms with van der Waals surface area (Å²) in [6.45, 7) is 3.43. The summed E-state index contributed by atoms with van der Waals surface area (Å²) in [5, 5.41) is 5.95. The third-order valence-corrected chi connectivity index (χ3v) is 5.31. The van der Waals surface area contributed by atoms with Crippen LogP contribution in [0.4, 0.5) is 0 Å². The highest BCUT2D eigenvalue weighted by molar-refractivity contribution is 7.20. The fourth-order valence-corrected chi connectivity index (χ4v) is 3.84. The Morgan fingerprint density at radius 3 is 2.65 bits per heavy atom. The van der Waals surface area contributed by atoms with Crippen molar-refractivity contribution in [1.82, 2.24) is 14.7 Å². The normalized spacial score (nSPS) is 12.2. The van der Waals surface area contributed by atoms with Crippen LogP contribution < -0.4 is 0 Å². The summed E-state index contributed by atoms with van der Waals surface area (Å²) in [6.07, 6.45) is -0.844. The number of nitrogens with zero attached hydrogens (tertiary/aromatic N) is 3. The molecule has 6 nitrogen and oxygen atoms in total. The monoisotopic (exact) mass is 391 g/mol. The van der Waals surface area contributed by atoms with E-state index in [9.17, 15) is 9.59 Å². The standard InChI is InChI=1S/C18H18ClN3O3S/c1-10-12-9-15(18(24)25-11(2)16(23)21(3)4)26-17(12)22(20-10)14-8-6-5-7-13(14)19/h5-9,11H,1-4H3/t11-/m1/s1. The molecule has 2 aromatic heterocycles. The average molecular weight is 392 g/mol. The van der Waals surface area contributed by atoms with Crippen molar-refractivity contribution in [3.63, 3.8) is 0 Å². The number of rotatable bonds is 4. The van der Waals surface area contributed by atoms with E-state index in [-0.39, 0.29) is 5.91 Å². The first kappa shape index (κ1) is 18.4. The Bertz CT molecular complexity index is 993. The third-order valence-electron chi connectivity index (χ3n) is 3.90. The molecule has 0 fully saturated rings. The summed E-state index contributed by atoms with van der Waals surface area (Å²) in [5.74, 6) is -0.795. The molecule has 1 aromatic carbocycles. The second kappa shape index (κ2) is 7.09. The zero-order valence-electron chi connectivity index (χ0n) is 14.8. The number of ether oxygens (including phenoxy) is 1. The molecule has 1 amide bonds. The van der Waals surface area contributed by atoms with Crippen LogP contribution in [0.3, 0.4) is 0 Å². The van der Waals surface area contributed by atoms with Crippen molar-refractivity contribution < 1.29 is 14.3 Å². The minimum atomic E-state index is -0.844. The summed E-state index contributed by atoms with van der Waals surface area (Å²) in [6, 6.07) is 9.12. The second-order valence-electron chi connectivity index (χ2n) is 6.06. The first-order chi connectivity index (χ1) is 12.3. The molecular formula is C18H18ClN3O3S. The fourth-order valence-electron chi connectivity index (χ4n) is 2.57. The summed E-state index contributed by atoms with van der Waals surface area (Å²) >= 11 is 7.54. The lowest BCUT2D eigenvalue weighted by molar-refractivity contribution is -0.137. The molecule has 26 heavy (non-hydrogen) atoms. The number of hydrogen-bond acceptors (Lipinski definition) is 5. The molecule has 0 aliphatic heterocycles. The molecular weight excluding hydrogens is 374 g/mol. The van der Waals surface area contributed by atoms with Gasteiger partial charge in [0.2, 0.25) is 0 Å². The number of likely N-dealkylation sites (N-methyl/N-ethyl adjacent to an activating group) is 1. The Hall–Kier alpha value is -2.38. The van der Waals surface area contributed by atoms with Crippen LogP contribution in [0.5, 0.6) is 0 Å². The van der Waals surface area contributed by atoms with Crippen molar-refractivity contribution in [1.29, 1.82) is 0 Å². The van der Waals surface area contributed by atoms with Gasteiger partial charge < -0.3 is 9.64 Å². The number of benzene rings is 1. The molecule has 0 N–H and O–H groups in total. The molecule has 8 heteroatoms. The highest BCUT2D eigenvalue weighted by Crippen LogP contribution is 2.32. The topological polar surface area (TPSA) is 64.4 Å². The van der Waals surface area contributed by atoms with Crippen molar-refractivity contribution in [3.05, 3.63) is 45.9 Å². The number of thiophene rings is 1. The Morgan fingerprint density at radius 2 is 2.00 bits per heavy atom. The highest BCUT2D eigenvalue weighted by Gasteiger charge is 2.23. The van der Waals surface area contributed by atoms with Crippen LogP contribution in [0.25, 0.3) is 15.9 Å². The van der Waals surface area contributed by atoms with E-state index in [2.05, 4.69) is 5.10 Å². The number of fused-ring (bicyclic) bond motifs is 1. The van der Waals surface area contributed by atoms with Gasteiger partial charge in [-0.15, -0.1) is 11.3 Å². The molecule has 0 bridgehead atoms. The molecule has 0 saturated carbocycles. The van der Waals surface area contributed by atoms with E-state index in [4.69, 9.17) is 16.3 Å². The van der Waals surface area contributed by atoms with Crippen LogP contribution in [-0.2, 0) is 9.53 Å². The molecule has 0 unspecified atom stereocenters. The van der Waals surface area contributed by atoms with Crippen LogP contribution in [-0.4, -0.2) is 46.8 Å². The van der Waals surface area contributed by atoms with E-state index in [0.29, 0.717) is 9.90 Å². The minimum Gasteiger partial charge on any atom is -0.448 e. The lowest BCUT2D eigenvalue weighted by Gasteiger charge is -2.16. The number of aryl methyl sites for hydroxylation is 1. The van der Waals surface area contributed by atoms with Gasteiger partial charge in [-0.2, -0.15) is 5.10 Å². The molecule has 2 heterocycles. The lowest BCUT2D eigenvalue weighted by Crippen LogP contribution is -2.34. The fraction of sp³-hybridized carbons (Fsp3) is 0.278. The van der Waals surface area contributed by atoms with E-state index < -0.39 is 12.1 Å². The van der Waals surface area contributed by atoms with Crippen molar-refractivity contribution in [2.75, 3.05) is 14.1 Å². The van der Waals surface area contributed by atoms with Gasteiger partial charge in [0.1, 0.15) is 9.71 Å². The van der Waals surface area contributed by atoms with Gasteiger partial charge in [0.05, 0.1) is 16.4 Å². The maximum atomic E-state index is 12.4. The molecule has 1 atom stereocenters. The number of carbonyl (C=O) groups is 2. The molecule has 0 spiro atoms. The van der Waals surface area contributed by atoms with E-state index in [1.54, 1.807) is 37.8 Å². The quantitative estimate of drug-likeness (QED) is 0.636. The van der Waals surface area contributed by atoms with Gasteiger partial charge in [-0.1, -0.05) is 23.7 Å². The van der Waals surface area contributed by atoms with Gasteiger partial charge in [0.15, 0.2) is 6.10 Å². The second-order valence-corrected chi connectivity index (χ2v) is 7.50. The maximum absolute atomic E-state index is 12.4. The number of esters is 1. The predicted molar refractivity (Wildman–Crippen MR) is 102 cm³/mol. The maximum Gasteiger partial charge on any atom is 0.349 e. The largest absolute Gasteiger partial charge is 0.448 e. The minimum absolute atomic E-state index is 0.266. The average Bonchev–Trinajstić information content (AvgIpc) is 3.15. The van der Waals surface area contributed by atoms with Gasteiger partial charge in [-0.05, 0) is 32.0 Å². The van der Waals surface area contributed by atoms with Crippen molar-refractivity contribution in [3.8, 4) is 5.69 Å². The zero-order valence-corrected chi connectivity index (χ0v) is 16.4. The summed E-state index contributed by atoms with van der Waals surface area (Å²) in [5.41, 5.74) is 1.53. The lowest BCUT2D eigenvalue weighted by atomic mass is 10.3. The Kier molecular flexibility index (Phi) is 5.02. The number of amides is 1. The summed E-state index contributed by atoms with van der Waals surface area (Å²) in [4.78, 5) is 26.9. The Morgan fingerprint density at radius 1 is 1.31 bits per heavy atom. The first-order valence-electron chi connectivity index (χ1n) is 7.95. The molecule has 136 valence electrons. The predicted octanol–water partition coefficient (Wildman–Crippen LogP) is 3.68. The number of carbonyl (C=O) groups excluding carboxylic acids is 2. The summed E-state index contributed by atoms with van der Waals surface area (Å²) < 4.78 is 7.02. The summed E-state index contributed by atoms with van der Waals surface area (Å²) in [7, 11) is 3.24. The van der Waals surface area contributed by atoms with E-state index in [0.717, 1.165) is 21.6 Å². The van der Waals surface area contributed by atoms with Gasteiger partial charge >= 0.3 is 5.97 Å². The molecule has 0 aliphatic carbocycles. The van der Waals surface area contributed by atoms with Crippen molar-refractivity contribution in [2.24, 2.45) is 0 Å². The molecule has 0 saturated heterocycles. The first-order valence-corrected chi connectivity index (χ1v) is 9.15. The molecule has 3 aromatic rings. The van der Waals surface area contributed by atoms with Crippen LogP contribution in [0.1, 0.15) is 22.3 Å². The highest BCUT2D eigenvalue weighted by atomic mass is 35.5. The van der Waals surface area contributed by atoms with Crippen molar-refractivity contribution >= 4 is 45.0 Å². The van der Waals surface area contributed by atoms with E-state index >= 15 is 0 Å². The van der Waals surface area contributed by atoms with Crippen LogP contribution in [0, 0.1) is 6.92 Å². The Balaban J connectivity index is 1.95. The van der Waals surface area contributed by atoms with Crippen LogP contribution >= 0.6 is 22.9 Å².